The number of aromatic hydroxyl groups is 1. The van der Waals surface area contributed by atoms with Gasteiger partial charge in [0.2, 0.25) is 5.91 Å². The Morgan fingerprint density at radius 3 is 2.71 bits per heavy atom. The number of phenolic OH excluding ortho intramolecular Hbond substituents is 1. The van der Waals surface area contributed by atoms with Crippen LogP contribution in [0.5, 0.6) is 5.75 Å². The van der Waals surface area contributed by atoms with Crippen LogP contribution < -0.4 is 5.32 Å². The number of nitrogens with one attached hydrogen (secondary N) is 1. The quantitative estimate of drug-likeness (QED) is 0.672. The minimum absolute atomic E-state index is 0.00770. The lowest BCUT2D eigenvalue weighted by Crippen LogP contribution is -2.41. The molecule has 0 saturated carbocycles. The Hall–Kier alpha value is -2.46. The lowest BCUT2D eigenvalue weighted by Gasteiger charge is -2.26. The molecule has 1 heterocycles. The van der Waals surface area contributed by atoms with Crippen molar-refractivity contribution in [1.29, 1.82) is 0 Å². The van der Waals surface area contributed by atoms with Crippen molar-refractivity contribution in [3.8, 4) is 5.75 Å². The zero-order chi connectivity index (χ0) is 19.8. The zero-order valence-electron chi connectivity index (χ0n) is 16.2. The van der Waals surface area contributed by atoms with E-state index >= 15 is 0 Å². The molecule has 0 fully saturated rings. The number of phenols is 1. The maximum Gasteiger partial charge on any atom is 0.222 e. The van der Waals surface area contributed by atoms with Gasteiger partial charge < -0.3 is 15.0 Å². The summed E-state index contributed by atoms with van der Waals surface area (Å²) in [5, 5.41) is 14.7. The molecular weight excluding hydrogens is 372 g/mol. The van der Waals surface area contributed by atoms with Gasteiger partial charge in [0.05, 0.1) is 0 Å². The number of carbonyl (C=O) groups excluding carboxylic acids is 1. The van der Waals surface area contributed by atoms with Crippen LogP contribution in [-0.4, -0.2) is 21.6 Å². The van der Waals surface area contributed by atoms with Crippen LogP contribution in [0.1, 0.15) is 37.1 Å². The van der Waals surface area contributed by atoms with E-state index in [9.17, 15) is 9.90 Å². The molecule has 2 aromatic carbocycles. The van der Waals surface area contributed by atoms with E-state index in [1.807, 2.05) is 38.1 Å². The second-order valence-electron chi connectivity index (χ2n) is 7.94. The molecule has 1 amide bonds. The molecule has 0 radical (unpaired) electrons. The van der Waals surface area contributed by atoms with Crippen LogP contribution in [0.3, 0.4) is 0 Å². The summed E-state index contributed by atoms with van der Waals surface area (Å²) >= 11 is 6.30. The van der Waals surface area contributed by atoms with Gasteiger partial charge in [-0.25, -0.2) is 0 Å². The van der Waals surface area contributed by atoms with Crippen LogP contribution in [-0.2, 0) is 24.2 Å². The fraction of sp³-hybridized carbons (Fsp3) is 0.348. The second-order valence-corrected chi connectivity index (χ2v) is 8.38. The summed E-state index contributed by atoms with van der Waals surface area (Å²) < 4.78 is 2.36. The number of halogens is 1. The largest absolute Gasteiger partial charge is 0.508 e. The Labute approximate surface area is 170 Å². The average Bonchev–Trinajstić information content (AvgIpc) is 2.96. The van der Waals surface area contributed by atoms with Crippen LogP contribution in [0.4, 0.5) is 0 Å². The van der Waals surface area contributed by atoms with Crippen LogP contribution in [0.2, 0.25) is 5.02 Å². The van der Waals surface area contributed by atoms with Gasteiger partial charge in [-0.3, -0.25) is 4.79 Å². The Balaban J connectivity index is 1.72. The molecule has 4 nitrogen and oxygen atoms in total. The first-order valence-electron chi connectivity index (χ1n) is 9.80. The highest BCUT2D eigenvalue weighted by atomic mass is 35.5. The first kappa shape index (κ1) is 18.9. The third-order valence-electron chi connectivity index (χ3n) is 5.58. The van der Waals surface area contributed by atoms with E-state index in [-0.39, 0.29) is 23.6 Å². The smallest absolute Gasteiger partial charge is 0.222 e. The molecule has 0 spiro atoms. The number of benzene rings is 2. The van der Waals surface area contributed by atoms with Crippen molar-refractivity contribution in [2.75, 3.05) is 0 Å². The Bertz CT molecular complexity index is 1020. The maximum absolute atomic E-state index is 12.2. The Morgan fingerprint density at radius 1 is 1.25 bits per heavy atom. The van der Waals surface area contributed by atoms with Crippen molar-refractivity contribution in [3.63, 3.8) is 0 Å². The summed E-state index contributed by atoms with van der Waals surface area (Å²) in [5.74, 6) is 0.379. The number of aromatic nitrogens is 1. The van der Waals surface area contributed by atoms with Crippen molar-refractivity contribution in [2.24, 2.45) is 5.92 Å². The molecule has 5 heteroatoms. The topological polar surface area (TPSA) is 54.3 Å². The first-order valence-corrected chi connectivity index (χ1v) is 10.2. The van der Waals surface area contributed by atoms with E-state index in [2.05, 4.69) is 16.0 Å². The van der Waals surface area contributed by atoms with Crippen molar-refractivity contribution in [3.05, 3.63) is 64.3 Å². The maximum atomic E-state index is 12.2. The Kier molecular flexibility index (Phi) is 5.07. The highest BCUT2D eigenvalue weighted by molar-refractivity contribution is 6.31. The molecule has 28 heavy (non-hydrogen) atoms. The van der Waals surface area contributed by atoms with Crippen LogP contribution >= 0.6 is 11.6 Å². The summed E-state index contributed by atoms with van der Waals surface area (Å²) in [6.45, 7) is 4.59. The standard InChI is InChI=1S/C23H25ClN2O2/c1-14(2)23(28)25-17-6-10-22-20(12-17)19-11-16(24)5-9-21(19)26(22)13-15-3-7-18(27)8-4-15/h3-5,7-9,11,14,17,27H,6,10,12-13H2,1-2H3,(H,25,28). The number of hydrogen-bond donors (Lipinski definition) is 2. The highest BCUT2D eigenvalue weighted by Crippen LogP contribution is 2.34. The van der Waals surface area contributed by atoms with Gasteiger partial charge in [0.25, 0.3) is 0 Å². The molecule has 0 bridgehead atoms. The van der Waals surface area contributed by atoms with Crippen LogP contribution in [0.25, 0.3) is 10.9 Å². The average molecular weight is 397 g/mol. The third kappa shape index (κ3) is 3.61. The number of amides is 1. The molecule has 1 atom stereocenters. The number of hydrogen-bond acceptors (Lipinski definition) is 2. The molecule has 3 aromatic rings. The van der Waals surface area contributed by atoms with Gasteiger partial charge in [-0.15, -0.1) is 0 Å². The highest BCUT2D eigenvalue weighted by Gasteiger charge is 2.27. The number of carbonyl (C=O) groups is 1. The van der Waals surface area contributed by atoms with Crippen molar-refractivity contribution in [1.82, 2.24) is 9.88 Å². The lowest BCUT2D eigenvalue weighted by molar-refractivity contribution is -0.124. The predicted molar refractivity (Wildman–Crippen MR) is 113 cm³/mol. The zero-order valence-corrected chi connectivity index (χ0v) is 17.0. The molecule has 2 N–H and O–H groups in total. The molecule has 0 saturated heterocycles. The van der Waals surface area contributed by atoms with Crippen molar-refractivity contribution >= 4 is 28.4 Å². The number of fused-ring (bicyclic) bond motifs is 3. The van der Waals surface area contributed by atoms with E-state index in [0.29, 0.717) is 0 Å². The number of rotatable bonds is 4. The van der Waals surface area contributed by atoms with Crippen molar-refractivity contribution in [2.45, 2.75) is 45.7 Å². The van der Waals surface area contributed by atoms with Crippen LogP contribution in [0.15, 0.2) is 42.5 Å². The van der Waals surface area contributed by atoms with Gasteiger partial charge >= 0.3 is 0 Å². The molecule has 1 aliphatic rings. The number of nitrogens with zero attached hydrogens (tertiary/aromatic N) is 1. The van der Waals surface area contributed by atoms with E-state index in [4.69, 9.17) is 11.6 Å². The van der Waals surface area contributed by atoms with Gasteiger partial charge in [0.1, 0.15) is 5.75 Å². The van der Waals surface area contributed by atoms with Gasteiger partial charge in [-0.1, -0.05) is 37.6 Å². The normalized spacial score (nSPS) is 16.4. The molecule has 1 aliphatic carbocycles. The second kappa shape index (κ2) is 7.51. The summed E-state index contributed by atoms with van der Waals surface area (Å²) in [4.78, 5) is 12.2. The lowest BCUT2D eigenvalue weighted by atomic mass is 9.91. The monoisotopic (exact) mass is 396 g/mol. The summed E-state index contributed by atoms with van der Waals surface area (Å²) in [7, 11) is 0. The molecule has 146 valence electrons. The molecule has 1 aromatic heterocycles. The summed E-state index contributed by atoms with van der Waals surface area (Å²) in [6.07, 6.45) is 2.68. The SMILES string of the molecule is CC(C)C(=O)NC1CCc2c(c3cc(Cl)ccc3n2Cc2ccc(O)cc2)C1. The van der Waals surface area contributed by atoms with E-state index < -0.39 is 0 Å². The predicted octanol–water partition coefficient (Wildman–Crippen LogP) is 4.68. The minimum atomic E-state index is -0.00770. The third-order valence-corrected chi connectivity index (χ3v) is 5.81. The molecule has 0 aliphatic heterocycles. The van der Waals surface area contributed by atoms with Gasteiger partial charge in [0, 0.05) is 40.1 Å². The van der Waals surface area contributed by atoms with Gasteiger partial charge in [0.15, 0.2) is 0 Å². The van der Waals surface area contributed by atoms with Crippen molar-refractivity contribution < 1.29 is 9.90 Å². The van der Waals surface area contributed by atoms with Gasteiger partial charge in [-0.2, -0.15) is 0 Å². The first-order chi connectivity index (χ1) is 13.4. The fourth-order valence-corrected chi connectivity index (χ4v) is 4.25. The van der Waals surface area contributed by atoms with E-state index in [0.717, 1.165) is 36.4 Å². The summed E-state index contributed by atoms with van der Waals surface area (Å²) in [6, 6.07) is 13.6. The van der Waals surface area contributed by atoms with Gasteiger partial charge in [-0.05, 0) is 60.7 Å². The van der Waals surface area contributed by atoms with E-state index in [1.165, 1.54) is 22.2 Å². The van der Waals surface area contributed by atoms with Crippen LogP contribution in [0, 0.1) is 5.92 Å². The minimum Gasteiger partial charge on any atom is -0.508 e. The summed E-state index contributed by atoms with van der Waals surface area (Å²) in [5.41, 5.74) is 4.91. The molecule has 1 unspecified atom stereocenters. The molecule has 4 rings (SSSR count). The Morgan fingerprint density at radius 2 is 2.00 bits per heavy atom. The fourth-order valence-electron chi connectivity index (χ4n) is 4.08. The van der Waals surface area contributed by atoms with E-state index in [1.54, 1.807) is 12.1 Å². The molecular formula is C23H25ClN2O2.